The number of hydrogen-bond acceptors (Lipinski definition) is 3. The molecule has 0 aliphatic rings. The van der Waals surface area contributed by atoms with Crippen LogP contribution in [0.15, 0.2) is 22.8 Å². The molecule has 1 atom stereocenters. The molecule has 1 unspecified atom stereocenters. The van der Waals surface area contributed by atoms with Crippen molar-refractivity contribution in [3.63, 3.8) is 0 Å². The molecule has 0 aliphatic carbocycles. The lowest BCUT2D eigenvalue weighted by Gasteiger charge is -2.25. The van der Waals surface area contributed by atoms with Crippen molar-refractivity contribution < 1.29 is 17.6 Å². The van der Waals surface area contributed by atoms with Crippen molar-refractivity contribution in [1.29, 1.82) is 0 Å². The Hall–Kier alpha value is -1.01. The van der Waals surface area contributed by atoms with Crippen LogP contribution in [-0.2, 0) is 0 Å². The van der Waals surface area contributed by atoms with Crippen LogP contribution in [0.25, 0.3) is 0 Å². The van der Waals surface area contributed by atoms with Gasteiger partial charge in [0.2, 0.25) is 0 Å². The number of hydrogen-bond donors (Lipinski definition) is 1. The molecule has 0 saturated carbocycles. The van der Waals surface area contributed by atoms with E-state index in [1.165, 1.54) is 13.3 Å². The zero-order chi connectivity index (χ0) is 11.5. The van der Waals surface area contributed by atoms with Crippen molar-refractivity contribution >= 4 is 0 Å². The van der Waals surface area contributed by atoms with Gasteiger partial charge in [-0.2, -0.15) is 13.2 Å². The van der Waals surface area contributed by atoms with Gasteiger partial charge in [-0.3, -0.25) is 4.90 Å². The van der Waals surface area contributed by atoms with E-state index < -0.39 is 18.8 Å². The van der Waals surface area contributed by atoms with Gasteiger partial charge in [0.1, 0.15) is 5.76 Å². The fourth-order valence-corrected chi connectivity index (χ4v) is 1.39. The maximum Gasteiger partial charge on any atom is 0.401 e. The molecule has 2 N–H and O–H groups in total. The Bertz CT molecular complexity index is 284. The van der Waals surface area contributed by atoms with Crippen molar-refractivity contribution in [2.24, 2.45) is 5.73 Å². The highest BCUT2D eigenvalue weighted by Gasteiger charge is 2.32. The summed E-state index contributed by atoms with van der Waals surface area (Å²) in [4.78, 5) is 1.12. The minimum Gasteiger partial charge on any atom is -0.468 e. The van der Waals surface area contributed by atoms with Gasteiger partial charge in [0, 0.05) is 6.54 Å². The minimum atomic E-state index is -4.23. The minimum absolute atomic E-state index is 0.0834. The van der Waals surface area contributed by atoms with Crippen LogP contribution in [-0.4, -0.2) is 31.2 Å². The lowest BCUT2D eigenvalue weighted by atomic mass is 10.2. The molecule has 3 nitrogen and oxygen atoms in total. The van der Waals surface area contributed by atoms with Crippen LogP contribution in [0.2, 0.25) is 0 Å². The van der Waals surface area contributed by atoms with E-state index in [4.69, 9.17) is 10.2 Å². The van der Waals surface area contributed by atoms with E-state index in [1.54, 1.807) is 12.1 Å². The second-order valence-electron chi connectivity index (χ2n) is 3.30. The average molecular weight is 222 g/mol. The maximum absolute atomic E-state index is 12.1. The van der Waals surface area contributed by atoms with E-state index in [-0.39, 0.29) is 6.54 Å². The van der Waals surface area contributed by atoms with Crippen LogP contribution >= 0.6 is 0 Å². The normalized spacial score (nSPS) is 14.5. The molecule has 0 bridgehead atoms. The number of rotatable bonds is 4. The van der Waals surface area contributed by atoms with Gasteiger partial charge in [-0.1, -0.05) is 0 Å². The van der Waals surface area contributed by atoms with Gasteiger partial charge < -0.3 is 10.2 Å². The fourth-order valence-electron chi connectivity index (χ4n) is 1.39. The zero-order valence-electron chi connectivity index (χ0n) is 8.29. The molecule has 1 aromatic heterocycles. The molecule has 0 aromatic carbocycles. The molecular formula is C9H13F3N2O. The van der Waals surface area contributed by atoms with E-state index in [1.807, 2.05) is 0 Å². The molecule has 1 rings (SSSR count). The molecule has 0 radical (unpaired) electrons. The summed E-state index contributed by atoms with van der Waals surface area (Å²) in [5.74, 6) is 0.448. The van der Waals surface area contributed by atoms with Crippen LogP contribution < -0.4 is 5.73 Å². The lowest BCUT2D eigenvalue weighted by Crippen LogP contribution is -2.37. The van der Waals surface area contributed by atoms with Crippen molar-refractivity contribution in [2.45, 2.75) is 12.2 Å². The molecule has 1 aromatic rings. The third-order valence-corrected chi connectivity index (χ3v) is 2.06. The third-order valence-electron chi connectivity index (χ3n) is 2.06. The highest BCUT2D eigenvalue weighted by atomic mass is 19.4. The summed E-state index contributed by atoms with van der Waals surface area (Å²) in [6.45, 7) is -0.921. The van der Waals surface area contributed by atoms with Crippen molar-refractivity contribution in [2.75, 3.05) is 20.1 Å². The summed E-state index contributed by atoms with van der Waals surface area (Å²) in [6.07, 6.45) is -2.81. The Morgan fingerprint density at radius 2 is 2.20 bits per heavy atom. The Kier molecular flexibility index (Phi) is 3.76. The number of likely N-dealkylation sites (N-methyl/N-ethyl adjacent to an activating group) is 1. The first-order chi connectivity index (χ1) is 6.94. The summed E-state index contributed by atoms with van der Waals surface area (Å²) in [6, 6.07) is 2.70. The van der Waals surface area contributed by atoms with Gasteiger partial charge in [-0.25, -0.2) is 0 Å². The first-order valence-electron chi connectivity index (χ1n) is 4.44. The Morgan fingerprint density at radius 1 is 1.53 bits per heavy atom. The quantitative estimate of drug-likeness (QED) is 0.844. The third kappa shape index (κ3) is 3.56. The van der Waals surface area contributed by atoms with E-state index in [9.17, 15) is 13.2 Å². The van der Waals surface area contributed by atoms with Gasteiger partial charge in [-0.15, -0.1) is 0 Å². The summed E-state index contributed by atoms with van der Waals surface area (Å²) < 4.78 is 41.4. The first kappa shape index (κ1) is 12.1. The van der Waals surface area contributed by atoms with Crippen molar-refractivity contribution in [1.82, 2.24) is 4.90 Å². The Morgan fingerprint density at radius 3 is 2.60 bits per heavy atom. The second-order valence-corrected chi connectivity index (χ2v) is 3.30. The molecule has 86 valence electrons. The van der Waals surface area contributed by atoms with E-state index >= 15 is 0 Å². The fraction of sp³-hybridized carbons (Fsp3) is 0.556. The predicted molar refractivity (Wildman–Crippen MR) is 49.2 cm³/mol. The topological polar surface area (TPSA) is 42.4 Å². The SMILES string of the molecule is CN(CC(F)(F)F)C(CN)c1ccco1. The summed E-state index contributed by atoms with van der Waals surface area (Å²) in [5, 5.41) is 0. The van der Waals surface area contributed by atoms with Gasteiger partial charge in [-0.05, 0) is 19.2 Å². The molecule has 0 aliphatic heterocycles. The van der Waals surface area contributed by atoms with Crippen molar-refractivity contribution in [3.05, 3.63) is 24.2 Å². The molecule has 0 fully saturated rings. The second kappa shape index (κ2) is 4.67. The van der Waals surface area contributed by atoms with Crippen LogP contribution in [0.5, 0.6) is 0 Å². The van der Waals surface area contributed by atoms with E-state index in [0.717, 1.165) is 4.90 Å². The maximum atomic E-state index is 12.1. The highest BCUT2D eigenvalue weighted by Crippen LogP contribution is 2.23. The molecule has 0 amide bonds. The highest BCUT2D eigenvalue weighted by molar-refractivity contribution is 5.05. The van der Waals surface area contributed by atoms with Gasteiger partial charge in [0.15, 0.2) is 0 Å². The standard InChI is InChI=1S/C9H13F3N2O/c1-14(6-9(10,11)12)7(5-13)8-3-2-4-15-8/h2-4,7H,5-6,13H2,1H3. The Labute approximate surface area is 85.6 Å². The molecule has 0 saturated heterocycles. The number of halogens is 3. The van der Waals surface area contributed by atoms with E-state index in [0.29, 0.717) is 5.76 Å². The summed E-state index contributed by atoms with van der Waals surface area (Å²) in [7, 11) is 1.37. The summed E-state index contributed by atoms with van der Waals surface area (Å²) in [5.41, 5.74) is 5.41. The molecule has 1 heterocycles. The summed E-state index contributed by atoms with van der Waals surface area (Å²) >= 11 is 0. The average Bonchev–Trinajstić information content (AvgIpc) is 2.54. The van der Waals surface area contributed by atoms with Crippen LogP contribution in [0.1, 0.15) is 11.8 Å². The van der Waals surface area contributed by atoms with Gasteiger partial charge in [0.25, 0.3) is 0 Å². The molecule has 0 spiro atoms. The molecule has 6 heteroatoms. The number of nitrogens with zero attached hydrogens (tertiary/aromatic N) is 1. The van der Waals surface area contributed by atoms with E-state index in [2.05, 4.69) is 0 Å². The number of alkyl halides is 3. The smallest absolute Gasteiger partial charge is 0.401 e. The largest absolute Gasteiger partial charge is 0.468 e. The Balaban J connectivity index is 2.67. The van der Waals surface area contributed by atoms with Crippen LogP contribution in [0.4, 0.5) is 13.2 Å². The van der Waals surface area contributed by atoms with Crippen molar-refractivity contribution in [3.8, 4) is 0 Å². The van der Waals surface area contributed by atoms with Crippen LogP contribution in [0.3, 0.4) is 0 Å². The lowest BCUT2D eigenvalue weighted by molar-refractivity contribution is -0.147. The molecular weight excluding hydrogens is 209 g/mol. The van der Waals surface area contributed by atoms with Gasteiger partial charge in [0.05, 0.1) is 18.8 Å². The zero-order valence-corrected chi connectivity index (χ0v) is 8.29. The monoisotopic (exact) mass is 222 g/mol. The first-order valence-corrected chi connectivity index (χ1v) is 4.44. The molecule has 15 heavy (non-hydrogen) atoms. The van der Waals surface area contributed by atoms with Crippen LogP contribution in [0, 0.1) is 0 Å². The van der Waals surface area contributed by atoms with Gasteiger partial charge >= 0.3 is 6.18 Å². The number of nitrogens with two attached hydrogens (primary N) is 1. The number of furan rings is 1. The predicted octanol–water partition coefficient (Wildman–Crippen LogP) is 1.77.